The molecule has 0 radical (unpaired) electrons. The molecule has 0 fully saturated rings. The first-order valence-corrected chi connectivity index (χ1v) is 15.4. The van der Waals surface area contributed by atoms with Gasteiger partial charge in [0.15, 0.2) is 0 Å². The van der Waals surface area contributed by atoms with E-state index in [0.29, 0.717) is 0 Å². The predicted octanol–water partition coefficient (Wildman–Crippen LogP) is 6.97. The number of rotatable bonds is 9. The average molecular weight is 475 g/mol. The molecule has 2 heteroatoms. The van der Waals surface area contributed by atoms with Crippen molar-refractivity contribution in [1.82, 2.24) is 0 Å². The maximum absolute atomic E-state index is 3.75. The molecular weight excluding hydrogens is 446 g/mol. The van der Waals surface area contributed by atoms with Crippen molar-refractivity contribution in [3.05, 3.63) is 120 Å². The summed E-state index contributed by atoms with van der Waals surface area (Å²) in [5, 5.41) is 2.69. The summed E-state index contributed by atoms with van der Waals surface area (Å²) in [6.45, 7) is 0. The second-order valence-corrected chi connectivity index (χ2v) is 16.5. The zero-order valence-electron chi connectivity index (χ0n) is 17.4. The van der Waals surface area contributed by atoms with Crippen molar-refractivity contribution in [3.63, 3.8) is 0 Å². The molecule has 0 saturated heterocycles. The van der Waals surface area contributed by atoms with Crippen LogP contribution >= 0.6 is 5.51 Å². The molecule has 4 rings (SSSR count). The first-order valence-electron chi connectivity index (χ1n) is 10.8. The van der Waals surface area contributed by atoms with Crippen LogP contribution in [0.25, 0.3) is 10.8 Å². The standard InChI is InChI=1S/C28H29PSe/c30-29(20-17-24-9-3-1-4-10-24,21-18-25-11-5-2-6-12-25)22-19-26-15-16-27-13-7-8-14-28(27)23-26/h1-16,23H,17-22H2. The molecule has 4 aromatic carbocycles. The Hall–Kier alpha value is -1.91. The van der Waals surface area contributed by atoms with E-state index in [1.54, 1.807) is 0 Å². The van der Waals surface area contributed by atoms with E-state index in [4.69, 9.17) is 0 Å². The molecule has 30 heavy (non-hydrogen) atoms. The van der Waals surface area contributed by atoms with E-state index in [9.17, 15) is 0 Å². The molecule has 0 unspecified atom stereocenters. The van der Waals surface area contributed by atoms with Gasteiger partial charge < -0.3 is 0 Å². The molecule has 0 amide bonds. The Balaban J connectivity index is 1.46. The van der Waals surface area contributed by atoms with Crippen molar-refractivity contribution >= 4 is 31.4 Å². The molecule has 0 aliphatic rings. The van der Waals surface area contributed by atoms with Crippen molar-refractivity contribution in [2.75, 3.05) is 18.5 Å². The summed E-state index contributed by atoms with van der Waals surface area (Å²) in [6, 6.07) is 37.6. The Morgan fingerprint density at radius 1 is 0.467 bits per heavy atom. The molecule has 0 N–H and O–H groups in total. The third-order valence-corrected chi connectivity index (χ3v) is 12.5. The summed E-state index contributed by atoms with van der Waals surface area (Å²) >= 11 is 3.75. The van der Waals surface area contributed by atoms with Gasteiger partial charge in [-0.3, -0.25) is 0 Å². The fourth-order valence-electron chi connectivity index (χ4n) is 4.02. The van der Waals surface area contributed by atoms with Gasteiger partial charge >= 0.3 is 189 Å². The third kappa shape index (κ3) is 6.05. The van der Waals surface area contributed by atoms with Crippen LogP contribution in [0.15, 0.2) is 103 Å². The minimum absolute atomic E-state index is 1.15. The van der Waals surface area contributed by atoms with E-state index in [1.807, 2.05) is 0 Å². The second-order valence-electron chi connectivity index (χ2n) is 8.13. The van der Waals surface area contributed by atoms with Crippen molar-refractivity contribution in [3.8, 4) is 0 Å². The zero-order chi connectivity index (χ0) is 20.7. The van der Waals surface area contributed by atoms with Crippen LogP contribution in [0.5, 0.6) is 0 Å². The molecule has 0 atom stereocenters. The van der Waals surface area contributed by atoms with Crippen LogP contribution in [-0.2, 0) is 19.3 Å². The minimum atomic E-state index is -1.15. The van der Waals surface area contributed by atoms with Crippen LogP contribution in [0.1, 0.15) is 16.7 Å². The van der Waals surface area contributed by atoms with Gasteiger partial charge in [0, 0.05) is 0 Å². The Morgan fingerprint density at radius 3 is 1.50 bits per heavy atom. The molecule has 0 aromatic heterocycles. The molecule has 152 valence electrons. The Morgan fingerprint density at radius 2 is 0.933 bits per heavy atom. The van der Waals surface area contributed by atoms with Crippen LogP contribution in [0.4, 0.5) is 0 Å². The Bertz CT molecular complexity index is 1070. The van der Waals surface area contributed by atoms with Gasteiger partial charge in [-0.2, -0.15) is 0 Å². The van der Waals surface area contributed by atoms with Crippen LogP contribution in [0.2, 0.25) is 0 Å². The first kappa shape index (κ1) is 21.3. The van der Waals surface area contributed by atoms with Gasteiger partial charge in [-0.15, -0.1) is 0 Å². The van der Waals surface area contributed by atoms with E-state index in [0.717, 1.165) is 6.42 Å². The summed E-state index contributed by atoms with van der Waals surface area (Å²) in [5.41, 5.74) is 3.24. The molecule has 0 aliphatic carbocycles. The van der Waals surface area contributed by atoms with Gasteiger partial charge in [-0.1, -0.05) is 0 Å². The zero-order valence-corrected chi connectivity index (χ0v) is 20.0. The van der Waals surface area contributed by atoms with E-state index in [2.05, 4.69) is 118 Å². The van der Waals surface area contributed by atoms with Crippen LogP contribution in [-0.4, -0.2) is 33.6 Å². The molecular formula is C28H29PSe. The fraction of sp³-hybridized carbons (Fsp3) is 0.214. The molecule has 0 saturated carbocycles. The van der Waals surface area contributed by atoms with E-state index in [1.165, 1.54) is 58.8 Å². The molecule has 0 nitrogen and oxygen atoms in total. The summed E-state index contributed by atoms with van der Waals surface area (Å²) < 4.78 is 0. The van der Waals surface area contributed by atoms with E-state index >= 15 is 0 Å². The monoisotopic (exact) mass is 476 g/mol. The quantitative estimate of drug-likeness (QED) is 0.181. The van der Waals surface area contributed by atoms with Gasteiger partial charge in [0.05, 0.1) is 0 Å². The predicted molar refractivity (Wildman–Crippen MR) is 135 cm³/mol. The van der Waals surface area contributed by atoms with Gasteiger partial charge in [0.1, 0.15) is 0 Å². The van der Waals surface area contributed by atoms with Gasteiger partial charge in [0.2, 0.25) is 0 Å². The summed E-state index contributed by atoms with van der Waals surface area (Å²) in [6.07, 6.45) is 7.37. The number of aryl methyl sites for hydroxylation is 3. The molecule has 0 bridgehead atoms. The Kier molecular flexibility index (Phi) is 7.40. The van der Waals surface area contributed by atoms with Crippen molar-refractivity contribution in [2.45, 2.75) is 19.3 Å². The Labute approximate surface area is 188 Å². The van der Waals surface area contributed by atoms with Crippen LogP contribution < -0.4 is 0 Å². The van der Waals surface area contributed by atoms with Crippen LogP contribution in [0, 0.1) is 0 Å². The van der Waals surface area contributed by atoms with E-state index in [-0.39, 0.29) is 0 Å². The molecule has 4 aromatic rings. The van der Waals surface area contributed by atoms with Gasteiger partial charge in [-0.25, -0.2) is 0 Å². The van der Waals surface area contributed by atoms with Crippen LogP contribution in [0.3, 0.4) is 0 Å². The fourth-order valence-corrected chi connectivity index (χ4v) is 8.41. The maximum atomic E-state index is 3.75. The number of fused-ring (bicyclic) bond motifs is 1. The van der Waals surface area contributed by atoms with Gasteiger partial charge in [-0.05, 0) is 0 Å². The summed E-state index contributed by atoms with van der Waals surface area (Å²) in [7, 11) is 0. The number of hydrogen-bond acceptors (Lipinski definition) is 0. The van der Waals surface area contributed by atoms with Crippen molar-refractivity contribution < 1.29 is 0 Å². The summed E-state index contributed by atoms with van der Waals surface area (Å²) in [5.74, 6) is 0. The SMILES string of the molecule is [Se]=P(CCc1ccccc1)(CCc1ccccc1)CCc1ccc2ccccc2c1. The second kappa shape index (κ2) is 10.4. The third-order valence-electron chi connectivity index (χ3n) is 5.92. The van der Waals surface area contributed by atoms with Gasteiger partial charge in [0.25, 0.3) is 0 Å². The van der Waals surface area contributed by atoms with Crippen molar-refractivity contribution in [1.29, 1.82) is 0 Å². The average Bonchev–Trinajstić information content (AvgIpc) is 2.82. The topological polar surface area (TPSA) is 0 Å². The van der Waals surface area contributed by atoms with E-state index < -0.39 is 5.51 Å². The summed E-state index contributed by atoms with van der Waals surface area (Å²) in [4.78, 5) is 0. The van der Waals surface area contributed by atoms with Crippen molar-refractivity contribution in [2.24, 2.45) is 0 Å². The number of benzene rings is 4. The number of hydrogen-bond donors (Lipinski definition) is 0. The first-order chi connectivity index (χ1) is 14.7. The molecule has 0 spiro atoms. The normalized spacial score (nSPS) is 11.6. The molecule has 0 heterocycles. The molecule has 0 aliphatic heterocycles.